The van der Waals surface area contributed by atoms with Crippen LogP contribution in [0.15, 0.2) is 18.2 Å². The third-order valence-electron chi connectivity index (χ3n) is 2.12. The largest absolute Gasteiger partial charge is 0.478 e. The van der Waals surface area contributed by atoms with Gasteiger partial charge in [-0.25, -0.2) is 4.79 Å². The van der Waals surface area contributed by atoms with Gasteiger partial charge in [0.25, 0.3) is 0 Å². The number of benzene rings is 1. The predicted octanol–water partition coefficient (Wildman–Crippen LogP) is 2.51. The zero-order valence-corrected chi connectivity index (χ0v) is 8.00. The van der Waals surface area contributed by atoms with Crippen LogP contribution in [0.5, 0.6) is 0 Å². The van der Waals surface area contributed by atoms with E-state index in [4.69, 9.17) is 5.11 Å². The van der Waals surface area contributed by atoms with Crippen LogP contribution in [0.2, 0.25) is 0 Å². The zero-order chi connectivity index (χ0) is 9.84. The van der Waals surface area contributed by atoms with Crippen molar-refractivity contribution >= 4 is 5.97 Å². The SMILES string of the molecule is CCc1cc(CC)cc(C(=O)O)c1. The number of rotatable bonds is 3. The summed E-state index contributed by atoms with van der Waals surface area (Å²) in [5.41, 5.74) is 2.59. The van der Waals surface area contributed by atoms with Crippen molar-refractivity contribution < 1.29 is 9.90 Å². The predicted molar refractivity (Wildman–Crippen MR) is 52.2 cm³/mol. The Bertz CT molecular complexity index is 294. The smallest absolute Gasteiger partial charge is 0.335 e. The van der Waals surface area contributed by atoms with Gasteiger partial charge in [0, 0.05) is 0 Å². The molecule has 0 aliphatic rings. The number of aryl methyl sites for hydroxylation is 2. The summed E-state index contributed by atoms with van der Waals surface area (Å²) in [6.07, 6.45) is 1.77. The molecular weight excluding hydrogens is 164 g/mol. The van der Waals surface area contributed by atoms with Crippen molar-refractivity contribution in [2.24, 2.45) is 0 Å². The highest BCUT2D eigenvalue weighted by Crippen LogP contribution is 2.11. The molecule has 0 saturated heterocycles. The van der Waals surface area contributed by atoms with Gasteiger partial charge in [-0.2, -0.15) is 0 Å². The molecule has 0 atom stereocenters. The second-order valence-electron chi connectivity index (χ2n) is 3.05. The monoisotopic (exact) mass is 178 g/mol. The minimum absolute atomic E-state index is 0.399. The van der Waals surface area contributed by atoms with Gasteiger partial charge in [-0.3, -0.25) is 0 Å². The summed E-state index contributed by atoms with van der Waals surface area (Å²) in [6.45, 7) is 4.06. The van der Waals surface area contributed by atoms with Crippen LogP contribution in [-0.4, -0.2) is 11.1 Å². The Hall–Kier alpha value is -1.31. The summed E-state index contributed by atoms with van der Waals surface area (Å²) >= 11 is 0. The van der Waals surface area contributed by atoms with Crippen LogP contribution in [0.4, 0.5) is 0 Å². The molecule has 0 aromatic heterocycles. The Balaban J connectivity index is 3.14. The van der Waals surface area contributed by atoms with Crippen molar-refractivity contribution in [1.82, 2.24) is 0 Å². The zero-order valence-electron chi connectivity index (χ0n) is 8.00. The van der Waals surface area contributed by atoms with Crippen molar-refractivity contribution in [2.75, 3.05) is 0 Å². The molecule has 0 fully saturated rings. The number of carbonyl (C=O) groups is 1. The van der Waals surface area contributed by atoms with Gasteiger partial charge in [-0.15, -0.1) is 0 Å². The molecule has 0 unspecified atom stereocenters. The van der Waals surface area contributed by atoms with E-state index < -0.39 is 5.97 Å². The Labute approximate surface area is 78.2 Å². The van der Waals surface area contributed by atoms with Crippen LogP contribution >= 0.6 is 0 Å². The first-order chi connectivity index (χ1) is 6.17. The average Bonchev–Trinajstić information content (AvgIpc) is 2.16. The molecule has 1 aromatic carbocycles. The molecule has 0 bridgehead atoms. The topological polar surface area (TPSA) is 37.3 Å². The Morgan fingerprint density at radius 1 is 1.15 bits per heavy atom. The molecule has 0 aliphatic heterocycles. The normalized spacial score (nSPS) is 10.0. The molecule has 0 spiro atoms. The minimum Gasteiger partial charge on any atom is -0.478 e. The second kappa shape index (κ2) is 4.08. The fourth-order valence-corrected chi connectivity index (χ4v) is 1.29. The van der Waals surface area contributed by atoms with Gasteiger partial charge in [0.15, 0.2) is 0 Å². The first kappa shape index (κ1) is 9.78. The fraction of sp³-hybridized carbons (Fsp3) is 0.364. The molecule has 1 aromatic rings. The molecule has 2 nitrogen and oxygen atoms in total. The van der Waals surface area contributed by atoms with Crippen molar-refractivity contribution in [3.8, 4) is 0 Å². The van der Waals surface area contributed by atoms with Crippen LogP contribution in [-0.2, 0) is 12.8 Å². The van der Waals surface area contributed by atoms with Gasteiger partial charge < -0.3 is 5.11 Å². The molecule has 0 saturated carbocycles. The molecule has 1 N–H and O–H groups in total. The van der Waals surface area contributed by atoms with Gasteiger partial charge in [0.2, 0.25) is 0 Å². The number of hydrogen-bond donors (Lipinski definition) is 1. The minimum atomic E-state index is -0.843. The first-order valence-electron chi connectivity index (χ1n) is 4.53. The molecule has 1 rings (SSSR count). The average molecular weight is 178 g/mol. The van der Waals surface area contributed by atoms with Crippen LogP contribution in [0.1, 0.15) is 35.3 Å². The van der Waals surface area contributed by atoms with E-state index in [0.717, 1.165) is 24.0 Å². The lowest BCUT2D eigenvalue weighted by atomic mass is 10.0. The van der Waals surface area contributed by atoms with E-state index in [2.05, 4.69) is 6.07 Å². The molecule has 0 radical (unpaired) electrons. The molecule has 2 heteroatoms. The maximum atomic E-state index is 10.7. The van der Waals surface area contributed by atoms with Crippen LogP contribution < -0.4 is 0 Å². The summed E-state index contributed by atoms with van der Waals surface area (Å²) < 4.78 is 0. The van der Waals surface area contributed by atoms with Crippen LogP contribution in [0.3, 0.4) is 0 Å². The van der Waals surface area contributed by atoms with E-state index in [1.165, 1.54) is 0 Å². The van der Waals surface area contributed by atoms with E-state index in [-0.39, 0.29) is 0 Å². The maximum absolute atomic E-state index is 10.7. The first-order valence-corrected chi connectivity index (χ1v) is 4.53. The van der Waals surface area contributed by atoms with Crippen molar-refractivity contribution in [2.45, 2.75) is 26.7 Å². The Morgan fingerprint density at radius 3 is 1.92 bits per heavy atom. The summed E-state index contributed by atoms with van der Waals surface area (Å²) in [4.78, 5) is 10.7. The van der Waals surface area contributed by atoms with Gasteiger partial charge in [0.05, 0.1) is 5.56 Å². The fourth-order valence-electron chi connectivity index (χ4n) is 1.29. The summed E-state index contributed by atoms with van der Waals surface area (Å²) in [5.74, 6) is -0.843. The van der Waals surface area contributed by atoms with Crippen LogP contribution in [0.25, 0.3) is 0 Å². The van der Waals surface area contributed by atoms with E-state index in [0.29, 0.717) is 5.56 Å². The van der Waals surface area contributed by atoms with Gasteiger partial charge in [-0.1, -0.05) is 19.9 Å². The lowest BCUT2D eigenvalue weighted by molar-refractivity contribution is 0.0696. The number of carboxylic acids is 1. The Kier molecular flexibility index (Phi) is 3.07. The lowest BCUT2D eigenvalue weighted by Crippen LogP contribution is -1.99. The standard InChI is InChI=1S/C11H14O2/c1-3-8-5-9(4-2)7-10(6-8)11(12)13/h5-7H,3-4H2,1-2H3,(H,12,13). The highest BCUT2D eigenvalue weighted by Gasteiger charge is 2.04. The van der Waals surface area contributed by atoms with Gasteiger partial charge in [-0.05, 0) is 36.1 Å². The number of aromatic carboxylic acids is 1. The molecule has 0 heterocycles. The highest BCUT2D eigenvalue weighted by atomic mass is 16.4. The van der Waals surface area contributed by atoms with Crippen molar-refractivity contribution in [3.05, 3.63) is 34.9 Å². The van der Waals surface area contributed by atoms with Crippen LogP contribution in [0, 0.1) is 0 Å². The van der Waals surface area contributed by atoms with E-state index >= 15 is 0 Å². The summed E-state index contributed by atoms with van der Waals surface area (Å²) in [6, 6.07) is 5.54. The molecule has 13 heavy (non-hydrogen) atoms. The van der Waals surface area contributed by atoms with E-state index in [1.807, 2.05) is 13.8 Å². The molecule has 0 amide bonds. The quantitative estimate of drug-likeness (QED) is 0.772. The maximum Gasteiger partial charge on any atom is 0.335 e. The van der Waals surface area contributed by atoms with Crippen molar-refractivity contribution in [3.63, 3.8) is 0 Å². The van der Waals surface area contributed by atoms with Gasteiger partial charge in [0.1, 0.15) is 0 Å². The van der Waals surface area contributed by atoms with Gasteiger partial charge >= 0.3 is 5.97 Å². The lowest BCUT2D eigenvalue weighted by Gasteiger charge is -2.03. The van der Waals surface area contributed by atoms with E-state index in [1.54, 1.807) is 12.1 Å². The molecule has 70 valence electrons. The van der Waals surface area contributed by atoms with E-state index in [9.17, 15) is 4.79 Å². The van der Waals surface area contributed by atoms with Crippen molar-refractivity contribution in [1.29, 1.82) is 0 Å². The molecular formula is C11H14O2. The number of hydrogen-bond acceptors (Lipinski definition) is 1. The summed E-state index contributed by atoms with van der Waals surface area (Å²) in [7, 11) is 0. The Morgan fingerprint density at radius 2 is 1.62 bits per heavy atom. The second-order valence-corrected chi connectivity index (χ2v) is 3.05. The number of carboxylic acid groups (broad SMARTS) is 1. The molecule has 0 aliphatic carbocycles. The highest BCUT2D eigenvalue weighted by molar-refractivity contribution is 5.88. The summed E-state index contributed by atoms with van der Waals surface area (Å²) in [5, 5.41) is 8.82. The third-order valence-corrected chi connectivity index (χ3v) is 2.12. The third kappa shape index (κ3) is 2.31.